The highest BCUT2D eigenvalue weighted by molar-refractivity contribution is 6.31. The molecule has 0 unspecified atom stereocenters. The zero-order chi connectivity index (χ0) is 20.5. The zero-order valence-corrected chi connectivity index (χ0v) is 16.8. The normalized spacial score (nSPS) is 13.2. The molecule has 0 spiro atoms. The fourth-order valence-electron chi connectivity index (χ4n) is 3.46. The van der Waals surface area contributed by atoms with E-state index in [1.807, 2.05) is 62.4 Å². The summed E-state index contributed by atoms with van der Waals surface area (Å²) in [5, 5.41) is 0. The molecule has 0 fully saturated rings. The minimum atomic E-state index is -0.364. The monoisotopic (exact) mass is 406 g/mol. The molecule has 0 saturated carbocycles. The molecule has 0 radical (unpaired) electrons. The Hall–Kier alpha value is -3.25. The molecule has 2 aromatic carbocycles. The lowest BCUT2D eigenvalue weighted by Crippen LogP contribution is -2.36. The molecule has 7 heteroatoms. The molecule has 29 heavy (non-hydrogen) atoms. The van der Waals surface area contributed by atoms with E-state index >= 15 is 0 Å². The van der Waals surface area contributed by atoms with Crippen LogP contribution in [0.3, 0.4) is 0 Å². The van der Waals surface area contributed by atoms with Crippen molar-refractivity contribution >= 4 is 40.6 Å². The molecule has 0 saturated heterocycles. The van der Waals surface area contributed by atoms with Gasteiger partial charge in [0.25, 0.3) is 5.91 Å². The number of para-hydroxylation sites is 2. The smallest absolute Gasteiger partial charge is 0.263 e. The van der Waals surface area contributed by atoms with Gasteiger partial charge in [0.2, 0.25) is 5.91 Å². The third-order valence-electron chi connectivity index (χ3n) is 4.72. The van der Waals surface area contributed by atoms with Crippen LogP contribution in [-0.2, 0) is 4.79 Å². The largest absolute Gasteiger partial charge is 0.304 e. The van der Waals surface area contributed by atoms with Crippen molar-refractivity contribution in [3.63, 3.8) is 0 Å². The first-order valence-electron chi connectivity index (χ1n) is 9.27. The standard InChI is InChI=1S/C22H19ClN4O2/c1-14(2)26-17-10-6-7-11-18(17)27(19(28)12-23)21-16(22(26)29)13-24-20(25-21)15-8-4-3-5-9-15/h3-11,13-14H,12H2,1-2H3. The van der Waals surface area contributed by atoms with Crippen LogP contribution in [0.2, 0.25) is 0 Å². The first-order valence-corrected chi connectivity index (χ1v) is 9.80. The summed E-state index contributed by atoms with van der Waals surface area (Å²) in [6.45, 7) is 3.85. The van der Waals surface area contributed by atoms with E-state index in [1.165, 1.54) is 11.1 Å². The van der Waals surface area contributed by atoms with Crippen molar-refractivity contribution in [1.82, 2.24) is 9.97 Å². The van der Waals surface area contributed by atoms with Crippen molar-refractivity contribution in [2.45, 2.75) is 19.9 Å². The first-order chi connectivity index (χ1) is 14.0. The number of fused-ring (bicyclic) bond motifs is 2. The van der Waals surface area contributed by atoms with Gasteiger partial charge in [-0.25, -0.2) is 9.97 Å². The van der Waals surface area contributed by atoms with E-state index in [0.29, 0.717) is 17.2 Å². The fraction of sp³-hybridized carbons (Fsp3) is 0.182. The number of carbonyl (C=O) groups excluding carboxylic acids is 2. The average molecular weight is 407 g/mol. The summed E-state index contributed by atoms with van der Waals surface area (Å²) in [5.74, 6) is -0.192. The molecule has 0 aliphatic carbocycles. The van der Waals surface area contributed by atoms with Crippen molar-refractivity contribution in [1.29, 1.82) is 0 Å². The maximum absolute atomic E-state index is 13.4. The van der Waals surface area contributed by atoms with Crippen LogP contribution in [0.5, 0.6) is 0 Å². The quantitative estimate of drug-likeness (QED) is 0.604. The van der Waals surface area contributed by atoms with Crippen LogP contribution in [0.15, 0.2) is 60.8 Å². The topological polar surface area (TPSA) is 66.4 Å². The number of amides is 2. The molecule has 2 amide bonds. The lowest BCUT2D eigenvalue weighted by molar-refractivity contribution is -0.115. The summed E-state index contributed by atoms with van der Waals surface area (Å²) >= 11 is 5.93. The molecule has 146 valence electrons. The predicted molar refractivity (Wildman–Crippen MR) is 114 cm³/mol. The van der Waals surface area contributed by atoms with Crippen LogP contribution in [0, 0.1) is 0 Å². The van der Waals surface area contributed by atoms with E-state index in [2.05, 4.69) is 9.97 Å². The fourth-order valence-corrected chi connectivity index (χ4v) is 3.58. The Bertz CT molecular complexity index is 1090. The van der Waals surface area contributed by atoms with Gasteiger partial charge in [-0.1, -0.05) is 42.5 Å². The van der Waals surface area contributed by atoms with Gasteiger partial charge >= 0.3 is 0 Å². The van der Waals surface area contributed by atoms with E-state index in [1.54, 1.807) is 11.0 Å². The molecular formula is C22H19ClN4O2. The van der Waals surface area contributed by atoms with Gasteiger partial charge in [-0.2, -0.15) is 0 Å². The lowest BCUT2D eigenvalue weighted by Gasteiger charge is -2.27. The van der Waals surface area contributed by atoms with Crippen molar-refractivity contribution in [2.75, 3.05) is 15.7 Å². The molecule has 1 aromatic heterocycles. The maximum atomic E-state index is 13.4. The number of carbonyl (C=O) groups is 2. The van der Waals surface area contributed by atoms with Crippen LogP contribution in [0.1, 0.15) is 24.2 Å². The second-order valence-corrected chi connectivity index (χ2v) is 7.18. The number of anilines is 3. The Labute approximate surface area is 173 Å². The highest BCUT2D eigenvalue weighted by Crippen LogP contribution is 2.41. The summed E-state index contributed by atoms with van der Waals surface area (Å²) in [6, 6.07) is 16.6. The van der Waals surface area contributed by atoms with Crippen LogP contribution >= 0.6 is 11.6 Å². The van der Waals surface area contributed by atoms with E-state index < -0.39 is 0 Å². The average Bonchev–Trinajstić information content (AvgIpc) is 2.85. The second kappa shape index (κ2) is 7.64. The third-order valence-corrected chi connectivity index (χ3v) is 4.95. The Kier molecular flexibility index (Phi) is 5.03. The van der Waals surface area contributed by atoms with E-state index in [4.69, 9.17) is 11.6 Å². The minimum absolute atomic E-state index is 0.128. The third kappa shape index (κ3) is 3.25. The Morgan fingerprint density at radius 2 is 1.69 bits per heavy atom. The summed E-state index contributed by atoms with van der Waals surface area (Å²) in [6.07, 6.45) is 1.49. The highest BCUT2D eigenvalue weighted by Gasteiger charge is 2.36. The van der Waals surface area contributed by atoms with Gasteiger partial charge in [-0.05, 0) is 26.0 Å². The Morgan fingerprint density at radius 1 is 1.03 bits per heavy atom. The van der Waals surface area contributed by atoms with Crippen LogP contribution in [0.25, 0.3) is 11.4 Å². The summed E-state index contributed by atoms with van der Waals surface area (Å²) in [7, 11) is 0. The van der Waals surface area contributed by atoms with Gasteiger partial charge in [0.1, 0.15) is 11.4 Å². The van der Waals surface area contributed by atoms with Crippen molar-refractivity contribution in [3.8, 4) is 11.4 Å². The van der Waals surface area contributed by atoms with Gasteiger partial charge in [-0.3, -0.25) is 14.5 Å². The highest BCUT2D eigenvalue weighted by atomic mass is 35.5. The molecule has 0 atom stereocenters. The molecule has 3 aromatic rings. The van der Waals surface area contributed by atoms with E-state index in [0.717, 1.165) is 5.56 Å². The summed E-state index contributed by atoms with van der Waals surface area (Å²) in [4.78, 5) is 38.4. The number of benzene rings is 2. The first kappa shape index (κ1) is 19.1. The van der Waals surface area contributed by atoms with Gasteiger partial charge < -0.3 is 4.90 Å². The molecule has 2 heterocycles. The van der Waals surface area contributed by atoms with Crippen molar-refractivity contribution < 1.29 is 9.59 Å². The van der Waals surface area contributed by atoms with Gasteiger partial charge in [0.05, 0.1) is 11.4 Å². The lowest BCUT2D eigenvalue weighted by atomic mass is 10.2. The summed E-state index contributed by atoms with van der Waals surface area (Å²) < 4.78 is 0. The number of aromatic nitrogens is 2. The minimum Gasteiger partial charge on any atom is -0.304 e. The van der Waals surface area contributed by atoms with Crippen LogP contribution in [0.4, 0.5) is 17.2 Å². The van der Waals surface area contributed by atoms with Crippen molar-refractivity contribution in [2.24, 2.45) is 0 Å². The molecule has 1 aliphatic heterocycles. The van der Waals surface area contributed by atoms with Crippen LogP contribution < -0.4 is 9.80 Å². The number of hydrogen-bond donors (Lipinski definition) is 0. The second-order valence-electron chi connectivity index (χ2n) is 6.92. The van der Waals surface area contributed by atoms with E-state index in [9.17, 15) is 9.59 Å². The SMILES string of the molecule is CC(C)N1C(=O)c2cnc(-c3ccccc3)nc2N(C(=O)CCl)c2ccccc21. The number of alkyl halides is 1. The van der Waals surface area contributed by atoms with Gasteiger partial charge in [0.15, 0.2) is 11.6 Å². The van der Waals surface area contributed by atoms with Gasteiger partial charge in [-0.15, -0.1) is 11.6 Å². The van der Waals surface area contributed by atoms with Crippen LogP contribution in [-0.4, -0.2) is 33.7 Å². The number of halogens is 1. The van der Waals surface area contributed by atoms with E-state index in [-0.39, 0.29) is 35.1 Å². The molecule has 1 aliphatic rings. The molecule has 0 bridgehead atoms. The number of hydrogen-bond acceptors (Lipinski definition) is 4. The van der Waals surface area contributed by atoms with Crippen molar-refractivity contribution in [3.05, 3.63) is 66.4 Å². The summed E-state index contributed by atoms with van der Waals surface area (Å²) in [5.41, 5.74) is 2.24. The predicted octanol–water partition coefficient (Wildman–Crippen LogP) is 4.42. The molecule has 0 N–H and O–H groups in total. The molecule has 6 nitrogen and oxygen atoms in total. The Balaban J connectivity index is 2.01. The van der Waals surface area contributed by atoms with Gasteiger partial charge in [0, 0.05) is 17.8 Å². The number of rotatable bonds is 3. The molecular weight excluding hydrogens is 388 g/mol. The number of nitrogens with zero attached hydrogens (tertiary/aromatic N) is 4. The Morgan fingerprint density at radius 3 is 2.34 bits per heavy atom. The zero-order valence-electron chi connectivity index (χ0n) is 16.0. The maximum Gasteiger partial charge on any atom is 0.263 e. The molecule has 4 rings (SSSR count).